The van der Waals surface area contributed by atoms with Gasteiger partial charge in [-0.3, -0.25) is 14.7 Å². The van der Waals surface area contributed by atoms with Gasteiger partial charge in [-0.05, 0) is 82.1 Å². The number of benzene rings is 4. The van der Waals surface area contributed by atoms with Crippen molar-refractivity contribution in [3.05, 3.63) is 142 Å². The van der Waals surface area contributed by atoms with E-state index in [9.17, 15) is 19.3 Å². The zero-order valence-electron chi connectivity index (χ0n) is 26.9. The highest BCUT2D eigenvalue weighted by atomic mass is 35.5. The average molecular weight is 693 g/mol. The molecule has 9 nitrogen and oxygen atoms in total. The van der Waals surface area contributed by atoms with Gasteiger partial charge < -0.3 is 10.1 Å². The third-order valence-electron chi connectivity index (χ3n) is 9.78. The minimum Gasteiger partial charge on any atom is -0.424 e. The van der Waals surface area contributed by atoms with Gasteiger partial charge in [0.25, 0.3) is 8.32 Å². The van der Waals surface area contributed by atoms with Crippen LogP contribution in [0.3, 0.4) is 0 Å². The van der Waals surface area contributed by atoms with Crippen molar-refractivity contribution in [1.29, 1.82) is 0 Å². The van der Waals surface area contributed by atoms with Crippen LogP contribution in [-0.4, -0.2) is 37.6 Å². The highest BCUT2D eigenvalue weighted by Crippen LogP contribution is 2.50. The number of rotatable bonds is 9. The van der Waals surface area contributed by atoms with Crippen LogP contribution in [-0.2, 0) is 0 Å². The Bertz CT molecular complexity index is 2130. The lowest BCUT2D eigenvalue weighted by Crippen LogP contribution is -2.65. The molecule has 2 aromatic heterocycles. The van der Waals surface area contributed by atoms with E-state index in [-0.39, 0.29) is 23.4 Å². The molecule has 0 fully saturated rings. The zero-order valence-corrected chi connectivity index (χ0v) is 28.7. The molecule has 6 aromatic rings. The number of nitrogens with zero attached hydrogens (tertiary/aromatic N) is 5. The lowest BCUT2D eigenvalue weighted by atomic mass is 9.76. The molecular formula is C37H34ClFN6O3Si. The van der Waals surface area contributed by atoms with Gasteiger partial charge in [-0.2, -0.15) is 4.98 Å². The Hall–Kier alpha value is -4.97. The van der Waals surface area contributed by atoms with Crippen LogP contribution < -0.4 is 15.7 Å². The molecule has 0 saturated carbocycles. The average Bonchev–Trinajstić information content (AvgIpc) is 3.52. The first-order valence-corrected chi connectivity index (χ1v) is 18.4. The van der Waals surface area contributed by atoms with E-state index in [4.69, 9.17) is 11.6 Å². The Morgan fingerprint density at radius 1 is 0.980 bits per heavy atom. The van der Waals surface area contributed by atoms with Crippen molar-refractivity contribution in [2.75, 3.05) is 5.32 Å². The molecule has 248 valence electrons. The maximum absolute atomic E-state index is 14.9. The molecule has 0 unspecified atom stereocenters. The second-order valence-corrected chi connectivity index (χ2v) is 17.5. The van der Waals surface area contributed by atoms with Crippen LogP contribution in [0.2, 0.25) is 10.1 Å². The highest BCUT2D eigenvalue weighted by Gasteiger charge is 2.51. The molecular weight excluding hydrogens is 659 g/mol. The summed E-state index contributed by atoms with van der Waals surface area (Å²) in [6.45, 7) is 4.26. The quantitative estimate of drug-likeness (QED) is 0.0917. The van der Waals surface area contributed by atoms with Crippen LogP contribution in [0.5, 0.6) is 0 Å². The summed E-state index contributed by atoms with van der Waals surface area (Å²) in [4.78, 5) is 37.6. The fourth-order valence-corrected chi connectivity index (χ4v) is 11.3. The number of fused-ring (bicyclic) bond motifs is 2. The molecule has 0 spiro atoms. The van der Waals surface area contributed by atoms with E-state index in [0.717, 1.165) is 15.9 Å². The zero-order chi connectivity index (χ0) is 34.3. The van der Waals surface area contributed by atoms with E-state index < -0.39 is 30.1 Å². The standard InChI is InChI=1S/C37H34ClFN6O3Si/c1-37(2,49(48,27-9-5-3-6-10-27)28-11-7-4-8-12-28)21-24-13-17-31(30-20-26(39)15-16-29(24)30)42-35-34(45(46)47)22-40-36(43-35)44-23-41-32-18-14-25(38)19-33(32)44/h3-12,14-16,18-20,22-24,31,48H,13,17,21H2,1-2H3,(H,40,42,43)/t24-,31+/m0/s1. The minimum atomic E-state index is -3.30. The second kappa shape index (κ2) is 12.8. The van der Waals surface area contributed by atoms with Crippen LogP contribution in [0, 0.1) is 15.9 Å². The van der Waals surface area contributed by atoms with Crippen LogP contribution in [0.25, 0.3) is 17.0 Å². The molecule has 2 N–H and O–H groups in total. The molecule has 2 heterocycles. The van der Waals surface area contributed by atoms with Crippen molar-refractivity contribution < 1.29 is 14.1 Å². The molecule has 1 aliphatic carbocycles. The van der Waals surface area contributed by atoms with Crippen molar-refractivity contribution in [2.45, 2.75) is 50.1 Å². The van der Waals surface area contributed by atoms with E-state index in [2.05, 4.69) is 34.1 Å². The van der Waals surface area contributed by atoms with Crippen LogP contribution in [0.1, 0.15) is 56.2 Å². The van der Waals surface area contributed by atoms with E-state index in [1.54, 1.807) is 29.1 Å². The summed E-state index contributed by atoms with van der Waals surface area (Å²) in [5.41, 5.74) is 2.68. The SMILES string of the molecule is CC(C)(C[C@@H]1CC[C@@H](Nc2nc(-n3cnc4ccc(Cl)cc43)ncc2[N+](=O)[O-])c2cc(F)ccc21)[Si](O)(c1ccccc1)c1ccccc1. The molecule has 0 amide bonds. The summed E-state index contributed by atoms with van der Waals surface area (Å²) in [6.07, 6.45) is 4.64. The Labute approximate surface area is 288 Å². The topological polar surface area (TPSA) is 119 Å². The molecule has 1 aliphatic rings. The smallest absolute Gasteiger partial charge is 0.329 e. The number of hydrogen-bond acceptors (Lipinski definition) is 7. The molecule has 4 aromatic carbocycles. The lowest BCUT2D eigenvalue weighted by molar-refractivity contribution is -0.384. The summed E-state index contributed by atoms with van der Waals surface area (Å²) in [6, 6.07) is 29.3. The van der Waals surface area contributed by atoms with Crippen LogP contribution in [0.4, 0.5) is 15.9 Å². The van der Waals surface area contributed by atoms with Gasteiger partial charge in [0.15, 0.2) is 0 Å². The predicted molar refractivity (Wildman–Crippen MR) is 192 cm³/mol. The number of imidazole rings is 1. The van der Waals surface area contributed by atoms with Crippen molar-refractivity contribution in [1.82, 2.24) is 19.5 Å². The minimum absolute atomic E-state index is 0.00751. The van der Waals surface area contributed by atoms with Crippen molar-refractivity contribution in [3.8, 4) is 5.95 Å². The van der Waals surface area contributed by atoms with E-state index in [1.807, 2.05) is 66.7 Å². The molecule has 7 rings (SSSR count). The Morgan fingerprint density at radius 2 is 1.67 bits per heavy atom. The molecule has 0 radical (unpaired) electrons. The first kappa shape index (κ1) is 32.6. The predicted octanol–water partition coefficient (Wildman–Crippen LogP) is 7.47. The van der Waals surface area contributed by atoms with Gasteiger partial charge in [-0.25, -0.2) is 14.4 Å². The van der Waals surface area contributed by atoms with Crippen molar-refractivity contribution in [2.24, 2.45) is 0 Å². The Kier molecular flexibility index (Phi) is 8.51. The fourth-order valence-electron chi connectivity index (χ4n) is 7.36. The Balaban J connectivity index is 1.24. The fraction of sp³-hybridized carbons (Fsp3) is 0.216. The second-order valence-electron chi connectivity index (χ2n) is 13.2. The number of anilines is 1. The summed E-state index contributed by atoms with van der Waals surface area (Å²) >= 11 is 6.24. The van der Waals surface area contributed by atoms with Gasteiger partial charge in [0.2, 0.25) is 11.8 Å². The maximum atomic E-state index is 14.9. The van der Waals surface area contributed by atoms with Crippen molar-refractivity contribution in [3.63, 3.8) is 0 Å². The molecule has 12 heteroatoms. The van der Waals surface area contributed by atoms with E-state index in [1.165, 1.54) is 18.3 Å². The number of aromatic nitrogens is 4. The van der Waals surface area contributed by atoms with Gasteiger partial charge in [0, 0.05) is 5.02 Å². The summed E-state index contributed by atoms with van der Waals surface area (Å²) in [7, 11) is -3.30. The molecule has 0 aliphatic heterocycles. The number of halogens is 2. The van der Waals surface area contributed by atoms with Gasteiger partial charge in [-0.15, -0.1) is 0 Å². The maximum Gasteiger partial charge on any atom is 0.329 e. The summed E-state index contributed by atoms with van der Waals surface area (Å²) in [5.74, 6) is -0.190. The lowest BCUT2D eigenvalue weighted by Gasteiger charge is -2.44. The van der Waals surface area contributed by atoms with Crippen molar-refractivity contribution >= 4 is 52.8 Å². The van der Waals surface area contributed by atoms with Gasteiger partial charge in [0.1, 0.15) is 18.3 Å². The van der Waals surface area contributed by atoms with Gasteiger partial charge in [0.05, 0.1) is 22.0 Å². The number of nitro groups is 1. The molecule has 49 heavy (non-hydrogen) atoms. The largest absolute Gasteiger partial charge is 0.424 e. The normalized spacial score (nSPS) is 16.3. The first-order valence-electron chi connectivity index (χ1n) is 16.1. The monoisotopic (exact) mass is 692 g/mol. The third-order valence-corrected chi connectivity index (χ3v) is 14.5. The summed E-state index contributed by atoms with van der Waals surface area (Å²) in [5, 5.41) is 17.2. The Morgan fingerprint density at radius 3 is 2.35 bits per heavy atom. The highest BCUT2D eigenvalue weighted by molar-refractivity contribution is 6.98. The van der Waals surface area contributed by atoms with E-state index >= 15 is 0 Å². The molecule has 0 bridgehead atoms. The third kappa shape index (κ3) is 5.98. The number of nitrogens with one attached hydrogen (secondary N) is 1. The first-order chi connectivity index (χ1) is 23.5. The van der Waals surface area contributed by atoms with E-state index in [0.29, 0.717) is 40.9 Å². The van der Waals surface area contributed by atoms with Crippen LogP contribution >= 0.6 is 11.6 Å². The molecule has 0 saturated heterocycles. The van der Waals surface area contributed by atoms with Gasteiger partial charge >= 0.3 is 5.69 Å². The summed E-state index contributed by atoms with van der Waals surface area (Å²) < 4.78 is 16.5. The molecule has 2 atom stereocenters. The van der Waals surface area contributed by atoms with Crippen LogP contribution in [0.15, 0.2) is 110 Å². The number of hydrogen-bond donors (Lipinski definition) is 2. The van der Waals surface area contributed by atoms with Gasteiger partial charge in [-0.1, -0.05) is 92.2 Å².